The van der Waals surface area contributed by atoms with Crippen LogP contribution in [-0.4, -0.2) is 13.7 Å². The van der Waals surface area contributed by atoms with Gasteiger partial charge in [-0.15, -0.1) is 0 Å². The molecule has 0 aliphatic carbocycles. The van der Waals surface area contributed by atoms with Crippen molar-refractivity contribution in [2.45, 2.75) is 13.0 Å². The lowest BCUT2D eigenvalue weighted by atomic mass is 9.98. The van der Waals surface area contributed by atoms with Crippen LogP contribution in [0.5, 0.6) is 5.75 Å². The summed E-state index contributed by atoms with van der Waals surface area (Å²) >= 11 is 3.19. The van der Waals surface area contributed by atoms with Gasteiger partial charge in [-0.3, -0.25) is 0 Å². The maximum Gasteiger partial charge on any atom is 0.165 e. The Labute approximate surface area is 131 Å². The predicted octanol–water partition coefficient (Wildman–Crippen LogP) is 4.43. The second kappa shape index (κ2) is 7.00. The molecule has 0 radical (unpaired) electrons. The molecule has 5 heteroatoms. The van der Waals surface area contributed by atoms with Gasteiger partial charge in [0.2, 0.25) is 0 Å². The normalized spacial score (nSPS) is 12.2. The Morgan fingerprint density at radius 3 is 2.29 bits per heavy atom. The summed E-state index contributed by atoms with van der Waals surface area (Å²) in [5.74, 6) is -0.529. The molecule has 2 aromatic rings. The zero-order valence-electron chi connectivity index (χ0n) is 11.8. The van der Waals surface area contributed by atoms with Gasteiger partial charge in [-0.25, -0.2) is 8.78 Å². The van der Waals surface area contributed by atoms with Crippen molar-refractivity contribution in [2.24, 2.45) is 0 Å². The molecule has 0 saturated carbocycles. The second-order valence-electron chi connectivity index (χ2n) is 4.56. The van der Waals surface area contributed by atoms with E-state index < -0.39 is 5.82 Å². The fraction of sp³-hybridized carbons (Fsp3) is 0.250. The van der Waals surface area contributed by atoms with Crippen LogP contribution in [0.15, 0.2) is 40.9 Å². The van der Waals surface area contributed by atoms with Crippen molar-refractivity contribution in [1.29, 1.82) is 0 Å². The first-order chi connectivity index (χ1) is 10.1. The highest BCUT2D eigenvalue weighted by atomic mass is 79.9. The number of benzene rings is 2. The molecule has 2 rings (SSSR count). The van der Waals surface area contributed by atoms with Crippen molar-refractivity contribution in [1.82, 2.24) is 5.32 Å². The van der Waals surface area contributed by atoms with E-state index in [-0.39, 0.29) is 17.6 Å². The van der Waals surface area contributed by atoms with Crippen LogP contribution in [0.1, 0.15) is 24.1 Å². The maximum atomic E-state index is 13.5. The summed E-state index contributed by atoms with van der Waals surface area (Å²) in [5, 5.41) is 3.31. The SMILES string of the molecule is CCNC(c1ccc(F)c(Br)c1)c1ccc(F)c(OC)c1. The summed E-state index contributed by atoms with van der Waals surface area (Å²) in [6.07, 6.45) is 0. The zero-order valence-corrected chi connectivity index (χ0v) is 13.4. The summed E-state index contributed by atoms with van der Waals surface area (Å²) in [6, 6.07) is 9.40. The Morgan fingerprint density at radius 1 is 1.10 bits per heavy atom. The molecule has 1 atom stereocenters. The largest absolute Gasteiger partial charge is 0.494 e. The minimum absolute atomic E-state index is 0.165. The zero-order chi connectivity index (χ0) is 15.4. The van der Waals surface area contributed by atoms with E-state index in [0.29, 0.717) is 4.47 Å². The smallest absolute Gasteiger partial charge is 0.165 e. The Balaban J connectivity index is 2.44. The Kier molecular flexibility index (Phi) is 5.31. The van der Waals surface area contributed by atoms with Crippen LogP contribution in [0.25, 0.3) is 0 Å². The fourth-order valence-corrected chi connectivity index (χ4v) is 2.58. The Morgan fingerprint density at radius 2 is 1.71 bits per heavy atom. The third-order valence-electron chi connectivity index (χ3n) is 3.19. The summed E-state index contributed by atoms with van der Waals surface area (Å²) < 4.78 is 32.3. The Hall–Kier alpha value is -1.46. The van der Waals surface area contributed by atoms with Crippen LogP contribution in [0.2, 0.25) is 0 Å². The van der Waals surface area contributed by atoms with E-state index >= 15 is 0 Å². The highest BCUT2D eigenvalue weighted by molar-refractivity contribution is 9.10. The van der Waals surface area contributed by atoms with Crippen LogP contribution in [0, 0.1) is 11.6 Å². The number of rotatable bonds is 5. The maximum absolute atomic E-state index is 13.5. The van der Waals surface area contributed by atoms with Crippen molar-refractivity contribution in [3.8, 4) is 5.75 Å². The van der Waals surface area contributed by atoms with Gasteiger partial charge in [0, 0.05) is 0 Å². The lowest BCUT2D eigenvalue weighted by Crippen LogP contribution is -2.22. The number of nitrogens with one attached hydrogen (secondary N) is 1. The van der Waals surface area contributed by atoms with Gasteiger partial charge >= 0.3 is 0 Å². The number of methoxy groups -OCH3 is 1. The summed E-state index contributed by atoms with van der Waals surface area (Å²) in [4.78, 5) is 0. The molecular weight excluding hydrogens is 340 g/mol. The van der Waals surface area contributed by atoms with Crippen molar-refractivity contribution in [3.63, 3.8) is 0 Å². The van der Waals surface area contributed by atoms with Gasteiger partial charge in [0.15, 0.2) is 11.6 Å². The van der Waals surface area contributed by atoms with E-state index in [2.05, 4.69) is 21.2 Å². The topological polar surface area (TPSA) is 21.3 Å². The van der Waals surface area contributed by atoms with Gasteiger partial charge in [0.25, 0.3) is 0 Å². The molecule has 21 heavy (non-hydrogen) atoms. The van der Waals surface area contributed by atoms with E-state index in [0.717, 1.165) is 17.7 Å². The number of halogens is 3. The molecule has 0 saturated heterocycles. The molecule has 0 aliphatic heterocycles. The van der Waals surface area contributed by atoms with Gasteiger partial charge in [0.1, 0.15) is 5.82 Å². The third-order valence-corrected chi connectivity index (χ3v) is 3.80. The quantitative estimate of drug-likeness (QED) is 0.856. The molecule has 1 N–H and O–H groups in total. The van der Waals surface area contributed by atoms with E-state index in [9.17, 15) is 8.78 Å². The number of ether oxygens (including phenoxy) is 1. The molecule has 0 bridgehead atoms. The Bertz CT molecular complexity index is 634. The molecule has 0 aromatic heterocycles. The van der Waals surface area contributed by atoms with Crippen molar-refractivity contribution < 1.29 is 13.5 Å². The van der Waals surface area contributed by atoms with Crippen LogP contribution >= 0.6 is 15.9 Å². The molecule has 2 nitrogen and oxygen atoms in total. The van der Waals surface area contributed by atoms with Crippen molar-refractivity contribution in [3.05, 3.63) is 63.6 Å². The lowest BCUT2D eigenvalue weighted by Gasteiger charge is -2.20. The summed E-state index contributed by atoms with van der Waals surface area (Å²) in [7, 11) is 1.43. The van der Waals surface area contributed by atoms with E-state index in [1.165, 1.54) is 19.2 Å². The van der Waals surface area contributed by atoms with Crippen LogP contribution in [0.4, 0.5) is 8.78 Å². The van der Waals surface area contributed by atoms with Gasteiger partial charge in [-0.1, -0.05) is 19.1 Å². The van der Waals surface area contributed by atoms with Gasteiger partial charge in [-0.05, 0) is 57.9 Å². The average Bonchev–Trinajstić information content (AvgIpc) is 2.48. The molecule has 112 valence electrons. The fourth-order valence-electron chi connectivity index (χ4n) is 2.18. The molecule has 0 spiro atoms. The van der Waals surface area contributed by atoms with Crippen molar-refractivity contribution >= 4 is 15.9 Å². The second-order valence-corrected chi connectivity index (χ2v) is 5.41. The molecule has 0 fully saturated rings. The summed E-state index contributed by atoms with van der Waals surface area (Å²) in [5.41, 5.74) is 1.74. The molecule has 0 aliphatic rings. The molecule has 1 unspecified atom stereocenters. The van der Waals surface area contributed by atoms with Gasteiger partial charge < -0.3 is 10.1 Å². The number of hydrogen-bond acceptors (Lipinski definition) is 2. The highest BCUT2D eigenvalue weighted by Crippen LogP contribution is 2.29. The van der Waals surface area contributed by atoms with Gasteiger partial charge in [-0.2, -0.15) is 0 Å². The minimum atomic E-state index is -0.406. The van der Waals surface area contributed by atoms with Gasteiger partial charge in [0.05, 0.1) is 17.6 Å². The minimum Gasteiger partial charge on any atom is -0.494 e. The first-order valence-corrected chi connectivity index (χ1v) is 7.38. The average molecular weight is 356 g/mol. The lowest BCUT2D eigenvalue weighted by molar-refractivity contribution is 0.385. The third kappa shape index (κ3) is 3.60. The first kappa shape index (κ1) is 15.9. The monoisotopic (exact) mass is 355 g/mol. The standard InChI is InChI=1S/C16H16BrF2NO/c1-3-20-16(10-4-6-13(18)12(17)8-10)11-5-7-14(19)15(9-11)21-2/h4-9,16,20H,3H2,1-2H3. The van der Waals surface area contributed by atoms with Crippen LogP contribution in [0.3, 0.4) is 0 Å². The van der Waals surface area contributed by atoms with Crippen molar-refractivity contribution in [2.75, 3.05) is 13.7 Å². The van der Waals surface area contributed by atoms with E-state index in [1.807, 2.05) is 6.92 Å². The van der Waals surface area contributed by atoms with Crippen LogP contribution < -0.4 is 10.1 Å². The highest BCUT2D eigenvalue weighted by Gasteiger charge is 2.16. The number of hydrogen-bond donors (Lipinski definition) is 1. The van der Waals surface area contributed by atoms with E-state index in [4.69, 9.17) is 4.74 Å². The first-order valence-electron chi connectivity index (χ1n) is 6.58. The molecular formula is C16H16BrF2NO. The van der Waals surface area contributed by atoms with E-state index in [1.54, 1.807) is 24.3 Å². The van der Waals surface area contributed by atoms with Crippen LogP contribution in [-0.2, 0) is 0 Å². The molecule has 0 amide bonds. The molecule has 2 aromatic carbocycles. The predicted molar refractivity (Wildman–Crippen MR) is 82.6 cm³/mol. The molecule has 0 heterocycles. The summed E-state index contributed by atoms with van der Waals surface area (Å²) in [6.45, 7) is 2.70.